The summed E-state index contributed by atoms with van der Waals surface area (Å²) in [5, 5.41) is 2.19. The number of amides is 1. The van der Waals surface area contributed by atoms with Gasteiger partial charge in [0.2, 0.25) is 5.91 Å². The fourth-order valence-corrected chi connectivity index (χ4v) is 4.79. The molecule has 28 heavy (non-hydrogen) atoms. The summed E-state index contributed by atoms with van der Waals surface area (Å²) in [4.78, 5) is 40.9. The minimum Gasteiger partial charge on any atom is -0.338 e. The Balaban J connectivity index is 1.84. The number of thiophene rings is 1. The Morgan fingerprint density at radius 3 is 2.82 bits per heavy atom. The molecule has 1 aliphatic heterocycles. The molecule has 0 N–H and O–H groups in total. The van der Waals surface area contributed by atoms with Gasteiger partial charge in [0.1, 0.15) is 11.2 Å². The van der Waals surface area contributed by atoms with Gasteiger partial charge in [-0.15, -0.1) is 11.3 Å². The highest BCUT2D eigenvalue weighted by Crippen LogP contribution is 2.20. The minimum atomic E-state index is -0.531. The van der Waals surface area contributed by atoms with Crippen LogP contribution in [0.1, 0.15) is 26.2 Å². The molecule has 1 atom stereocenters. The predicted molar refractivity (Wildman–Crippen MR) is 112 cm³/mol. The summed E-state index contributed by atoms with van der Waals surface area (Å²) in [6, 6.07) is 8.48. The quantitative estimate of drug-likeness (QED) is 0.657. The first kappa shape index (κ1) is 19.0. The van der Waals surface area contributed by atoms with Crippen LogP contribution in [-0.4, -0.2) is 32.5 Å². The molecule has 1 amide bonds. The van der Waals surface area contributed by atoms with E-state index in [2.05, 4.69) is 0 Å². The number of benzene rings is 1. The minimum absolute atomic E-state index is 0.0861. The van der Waals surface area contributed by atoms with Crippen molar-refractivity contribution in [3.05, 3.63) is 61.6 Å². The maximum Gasteiger partial charge on any atom is 0.336 e. The van der Waals surface area contributed by atoms with Crippen LogP contribution >= 0.6 is 22.9 Å². The number of aromatic nitrogens is 2. The molecular weight excluding hydrogens is 398 g/mol. The number of hydrogen-bond acceptors (Lipinski definition) is 4. The largest absolute Gasteiger partial charge is 0.338 e. The van der Waals surface area contributed by atoms with Gasteiger partial charge in [0.15, 0.2) is 0 Å². The van der Waals surface area contributed by atoms with E-state index in [1.807, 2.05) is 11.8 Å². The Bertz CT molecular complexity index is 1160. The number of carbonyl (C=O) groups is 1. The van der Waals surface area contributed by atoms with Gasteiger partial charge in [0, 0.05) is 17.6 Å². The highest BCUT2D eigenvalue weighted by atomic mass is 35.5. The summed E-state index contributed by atoms with van der Waals surface area (Å²) in [6.07, 6.45) is 3.05. The Morgan fingerprint density at radius 2 is 2.07 bits per heavy atom. The van der Waals surface area contributed by atoms with Crippen molar-refractivity contribution in [2.75, 3.05) is 6.54 Å². The predicted octanol–water partition coefficient (Wildman–Crippen LogP) is 3.27. The molecule has 8 heteroatoms. The lowest BCUT2D eigenvalue weighted by molar-refractivity contribution is -0.135. The van der Waals surface area contributed by atoms with E-state index in [-0.39, 0.29) is 18.5 Å². The third-order valence-electron chi connectivity index (χ3n) is 5.24. The van der Waals surface area contributed by atoms with Crippen LogP contribution in [0.2, 0.25) is 5.02 Å². The molecule has 0 radical (unpaired) electrons. The second-order valence-corrected chi connectivity index (χ2v) is 8.41. The monoisotopic (exact) mass is 417 g/mol. The van der Waals surface area contributed by atoms with E-state index in [9.17, 15) is 14.4 Å². The van der Waals surface area contributed by atoms with Crippen LogP contribution in [0.4, 0.5) is 0 Å². The third-order valence-corrected chi connectivity index (χ3v) is 6.36. The summed E-state index contributed by atoms with van der Waals surface area (Å²) < 4.78 is 2.94. The van der Waals surface area contributed by atoms with E-state index in [0.29, 0.717) is 27.5 Å². The van der Waals surface area contributed by atoms with Crippen molar-refractivity contribution in [3.8, 4) is 5.69 Å². The van der Waals surface area contributed by atoms with Gasteiger partial charge in [-0.25, -0.2) is 9.36 Å². The van der Waals surface area contributed by atoms with Gasteiger partial charge in [0.05, 0.1) is 11.2 Å². The molecule has 1 aromatic carbocycles. The van der Waals surface area contributed by atoms with Crippen molar-refractivity contribution in [2.24, 2.45) is 0 Å². The van der Waals surface area contributed by atoms with Gasteiger partial charge in [0.25, 0.3) is 5.56 Å². The lowest BCUT2D eigenvalue weighted by Gasteiger charge is -2.33. The average molecular weight is 418 g/mol. The van der Waals surface area contributed by atoms with Crippen LogP contribution in [0.3, 0.4) is 0 Å². The molecule has 1 fully saturated rings. The van der Waals surface area contributed by atoms with E-state index in [0.717, 1.165) is 23.8 Å². The SMILES string of the molecule is CC1CCCCN1C(=O)Cn1c(=O)n(-c2cccc(Cl)c2)c(=O)c2sccc21. The summed E-state index contributed by atoms with van der Waals surface area (Å²) >= 11 is 7.32. The van der Waals surface area contributed by atoms with E-state index < -0.39 is 11.2 Å². The smallest absolute Gasteiger partial charge is 0.336 e. The number of piperidine rings is 1. The zero-order chi connectivity index (χ0) is 19.8. The molecule has 146 valence electrons. The first-order chi connectivity index (χ1) is 13.5. The molecule has 1 aliphatic rings. The van der Waals surface area contributed by atoms with Crippen LogP contribution in [0, 0.1) is 0 Å². The lowest BCUT2D eigenvalue weighted by atomic mass is 10.0. The van der Waals surface area contributed by atoms with E-state index in [1.54, 1.807) is 35.7 Å². The van der Waals surface area contributed by atoms with E-state index >= 15 is 0 Å². The maximum atomic E-state index is 13.2. The van der Waals surface area contributed by atoms with Crippen molar-refractivity contribution < 1.29 is 4.79 Å². The number of nitrogens with zero attached hydrogens (tertiary/aromatic N) is 3. The first-order valence-corrected chi connectivity index (χ1v) is 10.5. The molecule has 3 heterocycles. The average Bonchev–Trinajstić information content (AvgIpc) is 3.15. The summed E-state index contributed by atoms with van der Waals surface area (Å²) in [5.41, 5.74) is -0.0369. The number of hydrogen-bond donors (Lipinski definition) is 0. The second kappa shape index (κ2) is 7.56. The van der Waals surface area contributed by atoms with Crippen LogP contribution in [0.15, 0.2) is 45.3 Å². The Labute approximate surface area is 170 Å². The summed E-state index contributed by atoms with van der Waals surface area (Å²) in [7, 11) is 0. The van der Waals surface area contributed by atoms with Gasteiger partial charge in [-0.2, -0.15) is 0 Å². The van der Waals surface area contributed by atoms with Crippen LogP contribution in [0.25, 0.3) is 15.9 Å². The van der Waals surface area contributed by atoms with Crippen molar-refractivity contribution in [1.82, 2.24) is 14.0 Å². The number of carbonyl (C=O) groups excluding carboxylic acids is 1. The maximum absolute atomic E-state index is 13.2. The van der Waals surface area contributed by atoms with Gasteiger partial charge in [-0.1, -0.05) is 17.7 Å². The van der Waals surface area contributed by atoms with Crippen molar-refractivity contribution >= 4 is 39.1 Å². The molecule has 1 unspecified atom stereocenters. The number of rotatable bonds is 3. The molecule has 3 aromatic rings. The topological polar surface area (TPSA) is 64.3 Å². The zero-order valence-corrected chi connectivity index (χ0v) is 17.0. The molecule has 6 nitrogen and oxygen atoms in total. The van der Waals surface area contributed by atoms with Crippen LogP contribution in [0.5, 0.6) is 0 Å². The number of halogens is 1. The van der Waals surface area contributed by atoms with E-state index in [1.165, 1.54) is 15.9 Å². The van der Waals surface area contributed by atoms with Gasteiger partial charge in [-0.3, -0.25) is 14.2 Å². The molecule has 0 bridgehead atoms. The highest BCUT2D eigenvalue weighted by molar-refractivity contribution is 7.17. The second-order valence-electron chi connectivity index (χ2n) is 7.06. The highest BCUT2D eigenvalue weighted by Gasteiger charge is 2.25. The Morgan fingerprint density at radius 1 is 1.25 bits per heavy atom. The number of fused-ring (bicyclic) bond motifs is 1. The van der Waals surface area contributed by atoms with Crippen molar-refractivity contribution in [1.29, 1.82) is 0 Å². The normalized spacial score (nSPS) is 17.2. The lowest BCUT2D eigenvalue weighted by Crippen LogP contribution is -2.46. The molecule has 1 saturated heterocycles. The molecule has 4 rings (SSSR count). The molecular formula is C20H20ClN3O3S. The zero-order valence-electron chi connectivity index (χ0n) is 15.4. The first-order valence-electron chi connectivity index (χ1n) is 9.26. The molecule has 0 saturated carbocycles. The van der Waals surface area contributed by atoms with Crippen molar-refractivity contribution in [3.63, 3.8) is 0 Å². The third kappa shape index (κ3) is 3.29. The standard InChI is InChI=1S/C20H20ClN3O3S/c1-13-5-2-3-9-22(13)17(25)12-23-16-8-10-28-18(16)19(26)24(20(23)27)15-7-4-6-14(21)11-15/h4,6-8,10-11,13H,2-3,5,9,12H2,1H3. The van der Waals surface area contributed by atoms with Crippen LogP contribution in [-0.2, 0) is 11.3 Å². The van der Waals surface area contributed by atoms with Crippen LogP contribution < -0.4 is 11.2 Å². The number of likely N-dealkylation sites (tertiary alicyclic amines) is 1. The summed E-state index contributed by atoms with van der Waals surface area (Å²) in [5.74, 6) is -0.0990. The Hall–Kier alpha value is -2.38. The fraction of sp³-hybridized carbons (Fsp3) is 0.350. The van der Waals surface area contributed by atoms with Gasteiger partial charge < -0.3 is 4.90 Å². The molecule has 0 aliphatic carbocycles. The van der Waals surface area contributed by atoms with Crippen molar-refractivity contribution in [2.45, 2.75) is 38.8 Å². The van der Waals surface area contributed by atoms with Gasteiger partial charge >= 0.3 is 5.69 Å². The molecule has 2 aromatic heterocycles. The summed E-state index contributed by atoms with van der Waals surface area (Å²) in [6.45, 7) is 2.65. The van der Waals surface area contributed by atoms with E-state index in [4.69, 9.17) is 11.6 Å². The fourth-order valence-electron chi connectivity index (χ4n) is 3.78. The molecule has 0 spiro atoms. The Kier molecular flexibility index (Phi) is 5.12. The van der Waals surface area contributed by atoms with Gasteiger partial charge in [-0.05, 0) is 55.8 Å².